The van der Waals surface area contributed by atoms with Gasteiger partial charge in [0.25, 0.3) is 0 Å². The van der Waals surface area contributed by atoms with E-state index in [9.17, 15) is 0 Å². The molecule has 7 nitrogen and oxygen atoms in total. The van der Waals surface area contributed by atoms with Crippen molar-refractivity contribution in [2.24, 2.45) is 5.73 Å². The van der Waals surface area contributed by atoms with Crippen LogP contribution < -0.4 is 20.9 Å². The van der Waals surface area contributed by atoms with Crippen LogP contribution in [0.2, 0.25) is 0 Å². The third kappa shape index (κ3) is 11.5. The monoisotopic (exact) mass is 642 g/mol. The van der Waals surface area contributed by atoms with Crippen molar-refractivity contribution < 1.29 is 0 Å². The van der Waals surface area contributed by atoms with Crippen molar-refractivity contribution in [3.8, 4) is 0 Å². The zero-order valence-corrected chi connectivity index (χ0v) is 31.9. The minimum atomic E-state index is -0.155. The molecule has 2 aliphatic heterocycles. The number of piperidine rings is 2. The Hall–Kier alpha value is -1.63. The van der Waals surface area contributed by atoms with Crippen molar-refractivity contribution in [3.63, 3.8) is 0 Å². The molecule has 2 aliphatic rings. The molecule has 3 N–H and O–H groups in total. The van der Waals surface area contributed by atoms with Gasteiger partial charge in [0.05, 0.1) is 0 Å². The van der Waals surface area contributed by atoms with Crippen LogP contribution in [0.25, 0.3) is 0 Å². The Balaban J connectivity index is 1.53. The molecule has 0 aromatic carbocycles. The van der Waals surface area contributed by atoms with E-state index in [4.69, 9.17) is 20.7 Å². The Morgan fingerprint density at radius 2 is 0.935 bits per heavy atom. The standard InChI is InChI=1S/C39H75N7/c1-10-11-12-13-14-15-16-17-18-19-20-21-22-23-24-25-29-41-33-42-34(45-36(2,3)27-26-28-37(45,4)5)44-35(43-33)46-38(6,7)30-32(40)31-39(46,8)9/h32H,10-31,40H2,1-9H3,(H,41,42,43,44). The van der Waals surface area contributed by atoms with Crippen molar-refractivity contribution in [3.05, 3.63) is 0 Å². The van der Waals surface area contributed by atoms with E-state index in [1.54, 1.807) is 0 Å². The summed E-state index contributed by atoms with van der Waals surface area (Å²) in [5.41, 5.74) is 6.19. The Kier molecular flexibility index (Phi) is 14.9. The molecule has 0 unspecified atom stereocenters. The summed E-state index contributed by atoms with van der Waals surface area (Å²) in [4.78, 5) is 20.4. The lowest BCUT2D eigenvalue weighted by molar-refractivity contribution is 0.215. The highest BCUT2D eigenvalue weighted by molar-refractivity contribution is 5.52. The summed E-state index contributed by atoms with van der Waals surface area (Å²) < 4.78 is 0. The van der Waals surface area contributed by atoms with Gasteiger partial charge in [0, 0.05) is 34.7 Å². The number of aromatic nitrogens is 3. The van der Waals surface area contributed by atoms with Gasteiger partial charge in [0.2, 0.25) is 17.8 Å². The number of nitrogens with two attached hydrogens (primary N) is 1. The third-order valence-corrected chi connectivity index (χ3v) is 10.8. The molecule has 1 aromatic heterocycles. The predicted octanol–water partition coefficient (Wildman–Crippen LogP) is 10.6. The van der Waals surface area contributed by atoms with Crippen LogP contribution >= 0.6 is 0 Å². The van der Waals surface area contributed by atoms with E-state index in [1.807, 2.05) is 0 Å². The maximum Gasteiger partial charge on any atom is 0.232 e. The maximum atomic E-state index is 6.55. The van der Waals surface area contributed by atoms with Crippen LogP contribution in [0.15, 0.2) is 0 Å². The van der Waals surface area contributed by atoms with Gasteiger partial charge in [-0.05, 0) is 93.9 Å². The van der Waals surface area contributed by atoms with Gasteiger partial charge in [-0.15, -0.1) is 0 Å². The Labute approximate surface area is 285 Å². The number of hydrogen-bond acceptors (Lipinski definition) is 7. The molecule has 0 bridgehead atoms. The predicted molar refractivity (Wildman–Crippen MR) is 200 cm³/mol. The Bertz CT molecular complexity index is 984. The van der Waals surface area contributed by atoms with Gasteiger partial charge >= 0.3 is 0 Å². The van der Waals surface area contributed by atoms with Gasteiger partial charge in [-0.2, -0.15) is 15.0 Å². The van der Waals surface area contributed by atoms with Crippen molar-refractivity contribution in [1.29, 1.82) is 0 Å². The zero-order valence-electron chi connectivity index (χ0n) is 31.9. The molecule has 0 atom stereocenters. The van der Waals surface area contributed by atoms with Gasteiger partial charge in [0.15, 0.2) is 0 Å². The molecule has 0 amide bonds. The molecule has 0 radical (unpaired) electrons. The second kappa shape index (κ2) is 17.7. The molecule has 0 aliphatic carbocycles. The molecule has 3 rings (SSSR count). The first kappa shape index (κ1) is 38.8. The molecule has 2 saturated heterocycles. The summed E-state index contributed by atoms with van der Waals surface area (Å²) in [5.74, 6) is 2.29. The van der Waals surface area contributed by atoms with Crippen molar-refractivity contribution in [2.45, 2.75) is 225 Å². The fourth-order valence-electron chi connectivity index (χ4n) is 8.94. The summed E-state index contributed by atoms with van der Waals surface area (Å²) in [6, 6.07) is 0.176. The van der Waals surface area contributed by atoms with Gasteiger partial charge in [-0.3, -0.25) is 0 Å². The highest BCUT2D eigenvalue weighted by Gasteiger charge is 2.47. The summed E-state index contributed by atoms with van der Waals surface area (Å²) in [5, 5.41) is 3.63. The summed E-state index contributed by atoms with van der Waals surface area (Å²) in [7, 11) is 0. The van der Waals surface area contributed by atoms with Crippen molar-refractivity contribution in [1.82, 2.24) is 15.0 Å². The molecule has 0 saturated carbocycles. The SMILES string of the molecule is CCCCCCCCCCCCCCCCCCNc1nc(N2C(C)(C)CCCC2(C)C)nc(N2C(C)(C)CC(N)CC2(C)C)n1. The van der Waals surface area contributed by atoms with Crippen molar-refractivity contribution in [2.75, 3.05) is 21.7 Å². The molecule has 266 valence electrons. The highest BCUT2D eigenvalue weighted by Crippen LogP contribution is 2.44. The smallest absolute Gasteiger partial charge is 0.232 e. The Morgan fingerprint density at radius 1 is 0.565 bits per heavy atom. The third-order valence-electron chi connectivity index (χ3n) is 10.8. The maximum absolute atomic E-state index is 6.55. The number of rotatable bonds is 20. The first-order chi connectivity index (χ1) is 21.7. The fourth-order valence-corrected chi connectivity index (χ4v) is 8.94. The number of hydrogen-bond donors (Lipinski definition) is 2. The fraction of sp³-hybridized carbons (Fsp3) is 0.923. The lowest BCUT2D eigenvalue weighted by atomic mass is 9.77. The molecule has 1 aromatic rings. The number of unbranched alkanes of at least 4 members (excludes halogenated alkanes) is 15. The quantitative estimate of drug-likeness (QED) is 0.137. The average Bonchev–Trinajstić information content (AvgIpc) is 2.92. The van der Waals surface area contributed by atoms with Gasteiger partial charge in [-0.25, -0.2) is 0 Å². The second-order valence-corrected chi connectivity index (χ2v) is 17.4. The summed E-state index contributed by atoms with van der Waals surface area (Å²) in [6.07, 6.45) is 27.5. The van der Waals surface area contributed by atoms with Crippen LogP contribution in [0.5, 0.6) is 0 Å². The normalized spacial score (nSPS) is 20.7. The molecule has 2 fully saturated rings. The molecule has 3 heterocycles. The van der Waals surface area contributed by atoms with E-state index in [0.717, 1.165) is 50.5 Å². The molecule has 7 heteroatoms. The zero-order chi connectivity index (χ0) is 33.8. The molecule has 46 heavy (non-hydrogen) atoms. The minimum Gasteiger partial charge on any atom is -0.354 e. The van der Waals surface area contributed by atoms with E-state index in [2.05, 4.69) is 77.4 Å². The molecular weight excluding hydrogens is 566 g/mol. The topological polar surface area (TPSA) is 83.2 Å². The first-order valence-electron chi connectivity index (χ1n) is 19.6. The first-order valence-corrected chi connectivity index (χ1v) is 19.6. The van der Waals surface area contributed by atoms with Gasteiger partial charge in [0.1, 0.15) is 0 Å². The largest absolute Gasteiger partial charge is 0.354 e. The van der Waals surface area contributed by atoms with E-state index < -0.39 is 0 Å². The number of nitrogens with zero attached hydrogens (tertiary/aromatic N) is 5. The summed E-state index contributed by atoms with van der Waals surface area (Å²) in [6.45, 7) is 21.7. The van der Waals surface area contributed by atoms with E-state index >= 15 is 0 Å². The van der Waals surface area contributed by atoms with Gasteiger partial charge < -0.3 is 20.9 Å². The van der Waals surface area contributed by atoms with Crippen LogP contribution in [-0.4, -0.2) is 49.7 Å². The van der Waals surface area contributed by atoms with E-state index in [1.165, 1.54) is 103 Å². The van der Waals surface area contributed by atoms with Crippen LogP contribution in [0.1, 0.15) is 197 Å². The highest BCUT2D eigenvalue weighted by atomic mass is 15.4. The van der Waals surface area contributed by atoms with Crippen molar-refractivity contribution >= 4 is 17.8 Å². The Morgan fingerprint density at radius 3 is 1.35 bits per heavy atom. The second-order valence-electron chi connectivity index (χ2n) is 17.4. The van der Waals surface area contributed by atoms with Crippen LogP contribution in [0.4, 0.5) is 17.8 Å². The molecule has 0 spiro atoms. The number of anilines is 3. The molecular formula is C39H75N7. The minimum absolute atomic E-state index is 0.0270. The van der Waals surface area contributed by atoms with Crippen LogP contribution in [0, 0.1) is 0 Å². The summed E-state index contributed by atoms with van der Waals surface area (Å²) >= 11 is 0. The number of nitrogens with one attached hydrogen (secondary N) is 1. The average molecular weight is 642 g/mol. The van der Waals surface area contributed by atoms with E-state index in [0.29, 0.717) is 5.95 Å². The van der Waals surface area contributed by atoms with Crippen LogP contribution in [-0.2, 0) is 0 Å². The van der Waals surface area contributed by atoms with Gasteiger partial charge in [-0.1, -0.05) is 103 Å². The lowest BCUT2D eigenvalue weighted by Gasteiger charge is -2.55. The lowest BCUT2D eigenvalue weighted by Crippen LogP contribution is -2.64. The van der Waals surface area contributed by atoms with Crippen LogP contribution in [0.3, 0.4) is 0 Å². The van der Waals surface area contributed by atoms with E-state index in [-0.39, 0.29) is 28.2 Å².